The summed E-state index contributed by atoms with van der Waals surface area (Å²) in [5, 5.41) is 0. The van der Waals surface area contributed by atoms with Gasteiger partial charge in [-0.2, -0.15) is 0 Å². The largest absolute Gasteiger partial charge is 0.419 e. The third kappa shape index (κ3) is 3.28. The smallest absolute Gasteiger partial charge is 0.350 e. The standard InChI is InChI=1S/C14H21NO4/c1-14(2)18-12(16)11(13(17)19-14)9-15(3)10-7-5-4-6-8-10/h9-10H,4-8H2,1-3H3. The van der Waals surface area contributed by atoms with Gasteiger partial charge in [-0.25, -0.2) is 9.59 Å². The number of hydrogen-bond donors (Lipinski definition) is 0. The summed E-state index contributed by atoms with van der Waals surface area (Å²) in [4.78, 5) is 25.6. The number of carbonyl (C=O) groups excluding carboxylic acids is 2. The Hall–Kier alpha value is -1.52. The summed E-state index contributed by atoms with van der Waals surface area (Å²) in [6.45, 7) is 3.09. The molecule has 0 aromatic heterocycles. The molecule has 0 radical (unpaired) electrons. The van der Waals surface area contributed by atoms with Crippen LogP contribution < -0.4 is 0 Å². The monoisotopic (exact) mass is 267 g/mol. The molecule has 0 amide bonds. The summed E-state index contributed by atoms with van der Waals surface area (Å²) in [6, 6.07) is 0.386. The van der Waals surface area contributed by atoms with Gasteiger partial charge < -0.3 is 14.4 Å². The van der Waals surface area contributed by atoms with Crippen molar-refractivity contribution in [3.05, 3.63) is 11.8 Å². The molecule has 0 N–H and O–H groups in total. The van der Waals surface area contributed by atoms with Crippen LogP contribution in [0, 0.1) is 0 Å². The molecule has 2 rings (SSSR count). The van der Waals surface area contributed by atoms with E-state index in [0.29, 0.717) is 6.04 Å². The van der Waals surface area contributed by atoms with E-state index in [0.717, 1.165) is 12.8 Å². The second-order valence-electron chi connectivity index (χ2n) is 5.68. The fraction of sp³-hybridized carbons (Fsp3) is 0.714. The Balaban J connectivity index is 2.09. The molecule has 1 saturated carbocycles. The molecule has 0 aromatic carbocycles. The molecule has 5 nitrogen and oxygen atoms in total. The number of esters is 2. The topological polar surface area (TPSA) is 55.8 Å². The van der Waals surface area contributed by atoms with E-state index in [1.165, 1.54) is 19.3 Å². The van der Waals surface area contributed by atoms with Crippen molar-refractivity contribution in [2.45, 2.75) is 57.8 Å². The summed E-state index contributed by atoms with van der Waals surface area (Å²) in [6.07, 6.45) is 7.40. The Morgan fingerprint density at radius 2 is 1.63 bits per heavy atom. The number of cyclic esters (lactones) is 2. The van der Waals surface area contributed by atoms with Crippen LogP contribution in [0.2, 0.25) is 0 Å². The van der Waals surface area contributed by atoms with Crippen LogP contribution in [0.4, 0.5) is 0 Å². The summed E-state index contributed by atoms with van der Waals surface area (Å²) in [5.74, 6) is -2.39. The minimum Gasteiger partial charge on any atom is -0.419 e. The predicted octanol–water partition coefficient (Wildman–Crippen LogP) is 1.97. The lowest BCUT2D eigenvalue weighted by Gasteiger charge is -2.33. The number of ether oxygens (including phenoxy) is 2. The normalized spacial score (nSPS) is 23.6. The molecule has 19 heavy (non-hydrogen) atoms. The summed E-state index contributed by atoms with van der Waals surface area (Å²) in [7, 11) is 1.89. The lowest BCUT2D eigenvalue weighted by molar-refractivity contribution is -0.222. The van der Waals surface area contributed by atoms with Crippen molar-refractivity contribution in [2.24, 2.45) is 0 Å². The highest BCUT2D eigenvalue weighted by atomic mass is 16.7. The van der Waals surface area contributed by atoms with Gasteiger partial charge in [0.1, 0.15) is 0 Å². The Morgan fingerprint density at radius 3 is 2.16 bits per heavy atom. The zero-order valence-electron chi connectivity index (χ0n) is 11.8. The highest BCUT2D eigenvalue weighted by Crippen LogP contribution is 2.25. The second kappa shape index (κ2) is 5.23. The van der Waals surface area contributed by atoms with Crippen LogP contribution in [-0.4, -0.2) is 35.7 Å². The van der Waals surface area contributed by atoms with E-state index in [1.807, 2.05) is 11.9 Å². The van der Waals surface area contributed by atoms with Gasteiger partial charge in [0.2, 0.25) is 0 Å². The number of carbonyl (C=O) groups is 2. The van der Waals surface area contributed by atoms with E-state index in [2.05, 4.69) is 0 Å². The molecule has 0 aromatic rings. The number of hydrogen-bond acceptors (Lipinski definition) is 5. The van der Waals surface area contributed by atoms with Crippen LogP contribution in [0.3, 0.4) is 0 Å². The minimum absolute atomic E-state index is 0.0209. The van der Waals surface area contributed by atoms with Crippen LogP contribution >= 0.6 is 0 Å². The molecule has 5 heteroatoms. The lowest BCUT2D eigenvalue weighted by Crippen LogP contribution is -2.42. The van der Waals surface area contributed by atoms with Crippen molar-refractivity contribution in [1.29, 1.82) is 0 Å². The van der Waals surface area contributed by atoms with E-state index in [4.69, 9.17) is 9.47 Å². The predicted molar refractivity (Wildman–Crippen MR) is 69.0 cm³/mol. The maximum Gasteiger partial charge on any atom is 0.350 e. The van der Waals surface area contributed by atoms with Gasteiger partial charge in [-0.05, 0) is 12.8 Å². The zero-order valence-corrected chi connectivity index (χ0v) is 11.8. The average molecular weight is 267 g/mol. The second-order valence-corrected chi connectivity index (χ2v) is 5.68. The first kappa shape index (κ1) is 13.9. The van der Waals surface area contributed by atoms with Crippen molar-refractivity contribution < 1.29 is 19.1 Å². The van der Waals surface area contributed by atoms with Gasteiger partial charge in [0.25, 0.3) is 5.79 Å². The molecule has 0 spiro atoms. The molecule has 2 fully saturated rings. The fourth-order valence-corrected chi connectivity index (χ4v) is 2.56. The van der Waals surface area contributed by atoms with Crippen LogP contribution in [-0.2, 0) is 19.1 Å². The van der Waals surface area contributed by atoms with Gasteiger partial charge in [0.05, 0.1) is 0 Å². The molecule has 1 saturated heterocycles. The summed E-state index contributed by atoms with van der Waals surface area (Å²) in [5.41, 5.74) is -0.0209. The van der Waals surface area contributed by atoms with Crippen molar-refractivity contribution in [3.63, 3.8) is 0 Å². The molecule has 1 aliphatic heterocycles. The number of nitrogens with zero attached hydrogens (tertiary/aromatic N) is 1. The quantitative estimate of drug-likeness (QED) is 0.435. The maximum atomic E-state index is 11.8. The van der Waals surface area contributed by atoms with Crippen molar-refractivity contribution in [3.8, 4) is 0 Å². The third-order valence-electron chi connectivity index (χ3n) is 3.60. The molecule has 106 valence electrons. The molecule has 0 bridgehead atoms. The Morgan fingerprint density at radius 1 is 1.11 bits per heavy atom. The van der Waals surface area contributed by atoms with Gasteiger partial charge in [-0.15, -0.1) is 0 Å². The minimum atomic E-state index is -1.17. The lowest BCUT2D eigenvalue weighted by atomic mass is 9.94. The molecule has 0 atom stereocenters. The first-order valence-corrected chi connectivity index (χ1v) is 6.79. The fourth-order valence-electron chi connectivity index (χ4n) is 2.56. The van der Waals surface area contributed by atoms with Crippen molar-refractivity contribution >= 4 is 11.9 Å². The van der Waals surface area contributed by atoms with E-state index < -0.39 is 17.7 Å². The Labute approximate surface area is 113 Å². The van der Waals surface area contributed by atoms with E-state index in [9.17, 15) is 9.59 Å². The van der Waals surface area contributed by atoms with Gasteiger partial charge >= 0.3 is 11.9 Å². The van der Waals surface area contributed by atoms with Crippen LogP contribution in [0.25, 0.3) is 0 Å². The van der Waals surface area contributed by atoms with Crippen LogP contribution in [0.5, 0.6) is 0 Å². The summed E-state index contributed by atoms with van der Waals surface area (Å²) < 4.78 is 10.1. The SMILES string of the molecule is CN(C=C1C(=O)OC(C)(C)OC1=O)C1CCCCC1. The van der Waals surface area contributed by atoms with Gasteiger partial charge in [-0.3, -0.25) is 0 Å². The van der Waals surface area contributed by atoms with Gasteiger partial charge in [0.15, 0.2) is 5.57 Å². The van der Waals surface area contributed by atoms with Crippen molar-refractivity contribution in [2.75, 3.05) is 7.05 Å². The maximum absolute atomic E-state index is 11.8. The Bertz CT molecular complexity index is 386. The molecule has 1 aliphatic carbocycles. The van der Waals surface area contributed by atoms with Crippen LogP contribution in [0.1, 0.15) is 46.0 Å². The van der Waals surface area contributed by atoms with Crippen molar-refractivity contribution in [1.82, 2.24) is 4.90 Å². The number of rotatable bonds is 2. The summed E-state index contributed by atoms with van der Waals surface area (Å²) >= 11 is 0. The highest BCUT2D eigenvalue weighted by Gasteiger charge is 2.39. The third-order valence-corrected chi connectivity index (χ3v) is 3.60. The van der Waals surface area contributed by atoms with E-state index >= 15 is 0 Å². The highest BCUT2D eigenvalue weighted by molar-refractivity contribution is 6.15. The molecular formula is C14H21NO4. The molecule has 2 aliphatic rings. The Kier molecular flexibility index (Phi) is 3.83. The van der Waals surface area contributed by atoms with E-state index in [1.54, 1.807) is 20.0 Å². The van der Waals surface area contributed by atoms with Crippen LogP contribution in [0.15, 0.2) is 11.8 Å². The molecule has 0 unspecified atom stereocenters. The van der Waals surface area contributed by atoms with Gasteiger partial charge in [-0.1, -0.05) is 19.3 Å². The average Bonchev–Trinajstić information content (AvgIpc) is 2.33. The first-order valence-electron chi connectivity index (χ1n) is 6.79. The first-order chi connectivity index (χ1) is 8.89. The molecule has 1 heterocycles. The zero-order chi connectivity index (χ0) is 14.0. The molecular weight excluding hydrogens is 246 g/mol. The van der Waals surface area contributed by atoms with E-state index in [-0.39, 0.29) is 5.57 Å². The van der Waals surface area contributed by atoms with Gasteiger partial charge in [0, 0.05) is 33.1 Å².